The summed E-state index contributed by atoms with van der Waals surface area (Å²) in [7, 11) is 1.72. The number of benzene rings is 1. The van der Waals surface area contributed by atoms with Crippen LogP contribution in [0.2, 0.25) is 5.02 Å². The minimum Gasteiger partial charge on any atom is -0.383 e. The molecule has 4 heteroatoms. The van der Waals surface area contributed by atoms with Crippen LogP contribution in [0.3, 0.4) is 0 Å². The van der Waals surface area contributed by atoms with Crippen molar-refractivity contribution in [3.8, 4) is 0 Å². The molecule has 0 heterocycles. The van der Waals surface area contributed by atoms with E-state index in [4.69, 9.17) is 16.3 Å². The van der Waals surface area contributed by atoms with Gasteiger partial charge in [0, 0.05) is 33.3 Å². The van der Waals surface area contributed by atoms with Gasteiger partial charge in [0.1, 0.15) is 0 Å². The number of nitrogens with zero attached hydrogens (tertiary/aromatic N) is 1. The van der Waals surface area contributed by atoms with Crippen molar-refractivity contribution in [3.63, 3.8) is 0 Å². The maximum Gasteiger partial charge on any atom is 0.0642 e. The van der Waals surface area contributed by atoms with Crippen molar-refractivity contribution in [1.82, 2.24) is 5.32 Å². The van der Waals surface area contributed by atoms with Crippen molar-refractivity contribution in [2.75, 3.05) is 38.3 Å². The van der Waals surface area contributed by atoms with Gasteiger partial charge in [0.2, 0.25) is 0 Å². The van der Waals surface area contributed by atoms with Gasteiger partial charge in [-0.3, -0.25) is 0 Å². The Balaban J connectivity index is 2.86. The molecule has 0 saturated carbocycles. The first kappa shape index (κ1) is 18.3. The molecule has 0 radical (unpaired) electrons. The van der Waals surface area contributed by atoms with Crippen LogP contribution in [0.4, 0.5) is 5.69 Å². The highest BCUT2D eigenvalue weighted by atomic mass is 35.5. The van der Waals surface area contributed by atoms with E-state index < -0.39 is 0 Å². The SMILES string of the molecule is CCC(C)CN(CC)c1c(Cl)cccc1CNCCOC. The molecular formula is C17H29ClN2O. The quantitative estimate of drug-likeness (QED) is 0.662. The molecule has 120 valence electrons. The van der Waals surface area contributed by atoms with Crippen LogP contribution in [0.25, 0.3) is 0 Å². The van der Waals surface area contributed by atoms with Crippen LogP contribution >= 0.6 is 11.6 Å². The first-order valence-corrected chi connectivity index (χ1v) is 8.23. The first-order valence-electron chi connectivity index (χ1n) is 7.85. The van der Waals surface area contributed by atoms with Gasteiger partial charge >= 0.3 is 0 Å². The normalized spacial score (nSPS) is 12.4. The van der Waals surface area contributed by atoms with Crippen LogP contribution in [0.15, 0.2) is 18.2 Å². The number of ether oxygens (including phenoxy) is 1. The molecule has 0 aliphatic rings. The van der Waals surface area contributed by atoms with Crippen molar-refractivity contribution in [2.24, 2.45) is 5.92 Å². The van der Waals surface area contributed by atoms with Crippen LogP contribution in [0.1, 0.15) is 32.8 Å². The molecule has 0 amide bonds. The van der Waals surface area contributed by atoms with E-state index in [2.05, 4.69) is 37.1 Å². The smallest absolute Gasteiger partial charge is 0.0642 e. The number of nitrogens with one attached hydrogen (secondary N) is 1. The van der Waals surface area contributed by atoms with Crippen LogP contribution in [-0.4, -0.2) is 33.4 Å². The molecule has 0 spiro atoms. The summed E-state index contributed by atoms with van der Waals surface area (Å²) in [6, 6.07) is 6.16. The average molecular weight is 313 g/mol. The summed E-state index contributed by atoms with van der Waals surface area (Å²) >= 11 is 6.48. The lowest BCUT2D eigenvalue weighted by Gasteiger charge is -2.29. The maximum atomic E-state index is 6.48. The number of para-hydroxylation sites is 1. The summed E-state index contributed by atoms with van der Waals surface area (Å²) in [5.74, 6) is 0.663. The average Bonchev–Trinajstić information content (AvgIpc) is 2.49. The fourth-order valence-electron chi connectivity index (χ4n) is 2.34. The fourth-order valence-corrected chi connectivity index (χ4v) is 2.65. The molecule has 21 heavy (non-hydrogen) atoms. The number of rotatable bonds is 10. The van der Waals surface area contributed by atoms with Crippen LogP contribution in [0, 0.1) is 5.92 Å². The molecule has 1 atom stereocenters. The molecule has 0 fully saturated rings. The second kappa shape index (κ2) is 10.0. The van der Waals surface area contributed by atoms with E-state index in [1.165, 1.54) is 17.7 Å². The van der Waals surface area contributed by atoms with Gasteiger partial charge in [0.15, 0.2) is 0 Å². The molecule has 1 aromatic rings. The second-order valence-electron chi connectivity index (χ2n) is 5.47. The van der Waals surface area contributed by atoms with Crippen molar-refractivity contribution in [3.05, 3.63) is 28.8 Å². The highest BCUT2D eigenvalue weighted by Crippen LogP contribution is 2.30. The van der Waals surface area contributed by atoms with E-state index in [0.717, 1.165) is 37.8 Å². The van der Waals surface area contributed by atoms with Gasteiger partial charge in [0.05, 0.1) is 17.3 Å². The highest BCUT2D eigenvalue weighted by molar-refractivity contribution is 6.33. The van der Waals surface area contributed by atoms with Gasteiger partial charge in [-0.15, -0.1) is 0 Å². The zero-order valence-corrected chi connectivity index (χ0v) is 14.5. The Kier molecular flexibility index (Phi) is 8.74. The van der Waals surface area contributed by atoms with Crippen LogP contribution < -0.4 is 10.2 Å². The monoisotopic (exact) mass is 312 g/mol. The topological polar surface area (TPSA) is 24.5 Å². The third-order valence-electron chi connectivity index (χ3n) is 3.80. The van der Waals surface area contributed by atoms with E-state index in [1.807, 2.05) is 12.1 Å². The van der Waals surface area contributed by atoms with E-state index >= 15 is 0 Å². The van der Waals surface area contributed by atoms with Crippen LogP contribution in [-0.2, 0) is 11.3 Å². The van der Waals surface area contributed by atoms with E-state index in [9.17, 15) is 0 Å². The van der Waals surface area contributed by atoms with Crippen molar-refractivity contribution in [2.45, 2.75) is 33.7 Å². The van der Waals surface area contributed by atoms with Gasteiger partial charge in [-0.2, -0.15) is 0 Å². The molecule has 0 aromatic heterocycles. The lowest BCUT2D eigenvalue weighted by atomic mass is 10.1. The van der Waals surface area contributed by atoms with Gasteiger partial charge in [-0.1, -0.05) is 44.0 Å². The number of halogens is 1. The van der Waals surface area contributed by atoms with E-state index in [-0.39, 0.29) is 0 Å². The van der Waals surface area contributed by atoms with Gasteiger partial charge in [-0.05, 0) is 24.5 Å². The third kappa shape index (κ3) is 5.85. The Morgan fingerprint density at radius 3 is 2.71 bits per heavy atom. The molecule has 1 aromatic carbocycles. The van der Waals surface area contributed by atoms with Crippen molar-refractivity contribution in [1.29, 1.82) is 0 Å². The Labute approximate surface area is 134 Å². The molecule has 1 N–H and O–H groups in total. The summed E-state index contributed by atoms with van der Waals surface area (Å²) in [6.07, 6.45) is 1.18. The standard InChI is InChI=1S/C17H29ClN2O/c1-5-14(3)13-20(6-2)17-15(8-7-9-16(17)18)12-19-10-11-21-4/h7-9,14,19H,5-6,10-13H2,1-4H3. The molecule has 0 bridgehead atoms. The van der Waals surface area contributed by atoms with Gasteiger partial charge in [0.25, 0.3) is 0 Å². The minimum atomic E-state index is 0.663. The molecule has 3 nitrogen and oxygen atoms in total. The van der Waals surface area contributed by atoms with Crippen molar-refractivity contribution >= 4 is 17.3 Å². The molecule has 0 aliphatic carbocycles. The van der Waals surface area contributed by atoms with Crippen LogP contribution in [0.5, 0.6) is 0 Å². The highest BCUT2D eigenvalue weighted by Gasteiger charge is 2.15. The first-order chi connectivity index (χ1) is 10.1. The number of anilines is 1. The van der Waals surface area contributed by atoms with Gasteiger partial charge in [-0.25, -0.2) is 0 Å². The zero-order chi connectivity index (χ0) is 15.7. The molecule has 1 unspecified atom stereocenters. The predicted molar refractivity (Wildman–Crippen MR) is 92.4 cm³/mol. The van der Waals surface area contributed by atoms with Crippen molar-refractivity contribution < 1.29 is 4.74 Å². The lowest BCUT2D eigenvalue weighted by molar-refractivity contribution is 0.199. The summed E-state index contributed by atoms with van der Waals surface area (Å²) in [6.45, 7) is 11.1. The lowest BCUT2D eigenvalue weighted by Crippen LogP contribution is -2.30. The number of methoxy groups -OCH3 is 1. The Morgan fingerprint density at radius 2 is 2.10 bits per heavy atom. The summed E-state index contributed by atoms with van der Waals surface area (Å²) < 4.78 is 5.07. The minimum absolute atomic E-state index is 0.663. The van der Waals surface area contributed by atoms with Gasteiger partial charge < -0.3 is 15.0 Å². The number of hydrogen-bond donors (Lipinski definition) is 1. The molecule has 0 saturated heterocycles. The Morgan fingerprint density at radius 1 is 1.33 bits per heavy atom. The fraction of sp³-hybridized carbons (Fsp3) is 0.647. The Hall–Kier alpha value is -0.770. The maximum absolute atomic E-state index is 6.48. The molecule has 1 rings (SSSR count). The number of hydrogen-bond acceptors (Lipinski definition) is 3. The third-order valence-corrected chi connectivity index (χ3v) is 4.10. The Bertz CT molecular complexity index is 412. The second-order valence-corrected chi connectivity index (χ2v) is 5.88. The summed E-state index contributed by atoms with van der Waals surface area (Å²) in [4.78, 5) is 2.39. The largest absolute Gasteiger partial charge is 0.383 e. The van der Waals surface area contributed by atoms with E-state index in [0.29, 0.717) is 5.92 Å². The predicted octanol–water partition coefficient (Wildman–Crippen LogP) is 3.95. The molecular weight excluding hydrogens is 284 g/mol. The summed E-state index contributed by atoms with van der Waals surface area (Å²) in [5.41, 5.74) is 2.43. The molecule has 0 aliphatic heterocycles. The zero-order valence-electron chi connectivity index (χ0n) is 13.8. The summed E-state index contributed by atoms with van der Waals surface area (Å²) in [5, 5.41) is 4.25. The van der Waals surface area contributed by atoms with E-state index in [1.54, 1.807) is 7.11 Å².